The number of pyridine rings is 1. The predicted octanol–water partition coefficient (Wildman–Crippen LogP) is 2.68. The molecule has 0 spiro atoms. The minimum atomic E-state index is -1.04. The largest absolute Gasteiger partial charge is 0.478 e. The first-order valence-electron chi connectivity index (χ1n) is 4.13. The highest BCUT2D eigenvalue weighted by atomic mass is 79.9. The molecule has 2 aromatic heterocycles. The van der Waals surface area contributed by atoms with Crippen LogP contribution in [-0.4, -0.2) is 21.0 Å². The number of halogens is 1. The van der Waals surface area contributed by atoms with Gasteiger partial charge in [0.2, 0.25) is 0 Å². The average molecular weight is 301 g/mol. The van der Waals surface area contributed by atoms with E-state index in [1.807, 2.05) is 0 Å². The minimum absolute atomic E-state index is 0.109. The highest BCUT2D eigenvalue weighted by Gasteiger charge is 2.15. The predicted molar refractivity (Wildman–Crippen MR) is 59.5 cm³/mol. The third kappa shape index (κ3) is 2.42. The topological polar surface area (TPSA) is 76.2 Å². The van der Waals surface area contributed by atoms with Crippen molar-refractivity contribution in [3.8, 4) is 0 Å². The number of oxazole rings is 1. The first-order chi connectivity index (χ1) is 7.66. The van der Waals surface area contributed by atoms with E-state index in [1.54, 1.807) is 0 Å². The molecular weight excluding hydrogens is 296 g/mol. The summed E-state index contributed by atoms with van der Waals surface area (Å²) in [7, 11) is 0. The van der Waals surface area contributed by atoms with Crippen LogP contribution in [0.1, 0.15) is 10.4 Å². The Kier molecular flexibility index (Phi) is 3.25. The van der Waals surface area contributed by atoms with Gasteiger partial charge in [-0.25, -0.2) is 14.8 Å². The van der Waals surface area contributed by atoms with Crippen LogP contribution in [0.2, 0.25) is 0 Å². The van der Waals surface area contributed by atoms with Crippen molar-refractivity contribution >= 4 is 33.7 Å². The molecule has 0 bridgehead atoms. The van der Waals surface area contributed by atoms with Crippen LogP contribution >= 0.6 is 27.7 Å². The number of rotatable bonds is 3. The lowest BCUT2D eigenvalue weighted by atomic mass is 10.3. The number of nitrogens with zero attached hydrogens (tertiary/aromatic N) is 2. The van der Waals surface area contributed by atoms with Crippen molar-refractivity contribution < 1.29 is 14.3 Å². The standard InChI is InChI=1S/C9H5BrN2O3S/c10-5-3-6(8(13)14)7(12-4-5)16-9-11-1-2-15-9/h1-4H,(H,13,14). The van der Waals surface area contributed by atoms with Gasteiger partial charge in [0.05, 0.1) is 11.8 Å². The second-order valence-electron chi connectivity index (χ2n) is 2.71. The summed E-state index contributed by atoms with van der Waals surface area (Å²) in [6, 6.07) is 1.49. The fourth-order valence-electron chi connectivity index (χ4n) is 1.00. The first-order valence-corrected chi connectivity index (χ1v) is 5.74. The second kappa shape index (κ2) is 4.67. The van der Waals surface area contributed by atoms with E-state index in [1.165, 1.54) is 24.7 Å². The van der Waals surface area contributed by atoms with Crippen molar-refractivity contribution in [1.29, 1.82) is 0 Å². The molecule has 0 amide bonds. The minimum Gasteiger partial charge on any atom is -0.478 e. The third-order valence-corrected chi connectivity index (χ3v) is 2.97. The van der Waals surface area contributed by atoms with Crippen LogP contribution in [0.15, 0.2) is 43.9 Å². The molecule has 5 nitrogen and oxygen atoms in total. The van der Waals surface area contributed by atoms with Gasteiger partial charge in [0.15, 0.2) is 0 Å². The van der Waals surface area contributed by atoms with Crippen molar-refractivity contribution in [3.05, 3.63) is 34.8 Å². The van der Waals surface area contributed by atoms with Gasteiger partial charge in [-0.2, -0.15) is 0 Å². The Balaban J connectivity index is 2.36. The molecule has 2 rings (SSSR count). The van der Waals surface area contributed by atoms with Crippen LogP contribution in [0.3, 0.4) is 0 Å². The number of hydrogen-bond donors (Lipinski definition) is 1. The maximum absolute atomic E-state index is 11.0. The van der Waals surface area contributed by atoms with Crippen molar-refractivity contribution in [1.82, 2.24) is 9.97 Å². The number of carboxylic acid groups (broad SMARTS) is 1. The van der Waals surface area contributed by atoms with Crippen LogP contribution in [-0.2, 0) is 0 Å². The summed E-state index contributed by atoms with van der Waals surface area (Å²) in [5.41, 5.74) is 0.109. The van der Waals surface area contributed by atoms with E-state index in [9.17, 15) is 4.79 Å². The molecule has 0 saturated carbocycles. The van der Waals surface area contributed by atoms with Gasteiger partial charge >= 0.3 is 5.97 Å². The molecule has 0 atom stereocenters. The lowest BCUT2D eigenvalue weighted by Gasteiger charge is -2.02. The summed E-state index contributed by atoms with van der Waals surface area (Å²) in [5, 5.41) is 9.70. The van der Waals surface area contributed by atoms with Gasteiger partial charge < -0.3 is 9.52 Å². The zero-order valence-corrected chi connectivity index (χ0v) is 10.2. The van der Waals surface area contributed by atoms with Gasteiger partial charge in [-0.1, -0.05) is 0 Å². The molecule has 0 saturated heterocycles. The molecular formula is C9H5BrN2O3S. The summed E-state index contributed by atoms with van der Waals surface area (Å²) in [5.74, 6) is -1.04. The smallest absolute Gasteiger partial charge is 0.338 e. The molecule has 0 fully saturated rings. The zero-order valence-electron chi connectivity index (χ0n) is 7.75. The van der Waals surface area contributed by atoms with E-state index in [4.69, 9.17) is 9.52 Å². The molecule has 0 aliphatic rings. The normalized spacial score (nSPS) is 10.3. The van der Waals surface area contributed by atoms with Gasteiger partial charge in [-0.15, -0.1) is 0 Å². The number of carboxylic acids is 1. The maximum atomic E-state index is 11.0. The van der Waals surface area contributed by atoms with Gasteiger partial charge in [-0.3, -0.25) is 0 Å². The third-order valence-electron chi connectivity index (χ3n) is 1.64. The van der Waals surface area contributed by atoms with Crippen LogP contribution < -0.4 is 0 Å². The van der Waals surface area contributed by atoms with E-state index < -0.39 is 5.97 Å². The SMILES string of the molecule is O=C(O)c1cc(Br)cnc1Sc1ncco1. The van der Waals surface area contributed by atoms with E-state index in [-0.39, 0.29) is 5.56 Å². The molecule has 16 heavy (non-hydrogen) atoms. The average Bonchev–Trinajstić information content (AvgIpc) is 2.73. The van der Waals surface area contributed by atoms with Crippen LogP contribution in [0, 0.1) is 0 Å². The Morgan fingerprint density at radius 3 is 2.94 bits per heavy atom. The Hall–Kier alpha value is -1.34. The fraction of sp³-hybridized carbons (Fsp3) is 0. The van der Waals surface area contributed by atoms with E-state index >= 15 is 0 Å². The van der Waals surface area contributed by atoms with Crippen molar-refractivity contribution in [3.63, 3.8) is 0 Å². The number of hydrogen-bond acceptors (Lipinski definition) is 5. The van der Waals surface area contributed by atoms with Crippen molar-refractivity contribution in [2.75, 3.05) is 0 Å². The Morgan fingerprint density at radius 2 is 2.31 bits per heavy atom. The summed E-state index contributed by atoms with van der Waals surface area (Å²) >= 11 is 4.24. The fourth-order valence-corrected chi connectivity index (χ4v) is 2.08. The second-order valence-corrected chi connectivity index (χ2v) is 4.57. The van der Waals surface area contributed by atoms with Crippen LogP contribution in [0.5, 0.6) is 0 Å². The molecule has 0 aliphatic carbocycles. The quantitative estimate of drug-likeness (QED) is 0.939. The Labute approximate surface area is 103 Å². The maximum Gasteiger partial charge on any atom is 0.338 e. The molecule has 2 heterocycles. The molecule has 0 aliphatic heterocycles. The lowest BCUT2D eigenvalue weighted by Crippen LogP contribution is -2.00. The molecule has 0 radical (unpaired) electrons. The Morgan fingerprint density at radius 1 is 1.50 bits per heavy atom. The van der Waals surface area contributed by atoms with Crippen molar-refractivity contribution in [2.45, 2.75) is 10.2 Å². The molecule has 0 aromatic carbocycles. The molecule has 1 N–H and O–H groups in total. The Bertz CT molecular complexity index is 515. The number of aromatic carboxylic acids is 1. The monoisotopic (exact) mass is 300 g/mol. The van der Waals surface area contributed by atoms with E-state index in [2.05, 4.69) is 25.9 Å². The van der Waals surface area contributed by atoms with Gasteiger partial charge in [-0.05, 0) is 33.8 Å². The van der Waals surface area contributed by atoms with Crippen LogP contribution in [0.25, 0.3) is 0 Å². The first kappa shape index (κ1) is 11.2. The van der Waals surface area contributed by atoms with Crippen molar-refractivity contribution in [2.24, 2.45) is 0 Å². The summed E-state index contributed by atoms with van der Waals surface area (Å²) < 4.78 is 5.62. The lowest BCUT2D eigenvalue weighted by molar-refractivity contribution is 0.0692. The highest BCUT2D eigenvalue weighted by molar-refractivity contribution is 9.10. The zero-order chi connectivity index (χ0) is 11.5. The van der Waals surface area contributed by atoms with Crippen LogP contribution in [0.4, 0.5) is 0 Å². The molecule has 0 unspecified atom stereocenters. The molecule has 2 aromatic rings. The van der Waals surface area contributed by atoms with Gasteiger partial charge in [0, 0.05) is 10.7 Å². The molecule has 7 heteroatoms. The number of carbonyl (C=O) groups is 1. The van der Waals surface area contributed by atoms with E-state index in [0.717, 1.165) is 11.8 Å². The van der Waals surface area contributed by atoms with E-state index in [0.29, 0.717) is 14.7 Å². The van der Waals surface area contributed by atoms with Gasteiger partial charge in [0.1, 0.15) is 11.3 Å². The summed E-state index contributed by atoms with van der Waals surface area (Å²) in [4.78, 5) is 18.9. The van der Waals surface area contributed by atoms with Gasteiger partial charge in [0.25, 0.3) is 5.22 Å². The summed E-state index contributed by atoms with van der Waals surface area (Å²) in [6.45, 7) is 0. The summed E-state index contributed by atoms with van der Waals surface area (Å²) in [6.07, 6.45) is 4.43. The number of aromatic nitrogens is 2. The molecule has 82 valence electrons. The highest BCUT2D eigenvalue weighted by Crippen LogP contribution is 2.28.